The van der Waals surface area contributed by atoms with Crippen LogP contribution in [0.15, 0.2) is 36.2 Å². The number of esters is 1. The maximum absolute atomic E-state index is 13.6. The number of rotatable bonds is 12. The molecule has 16 heteroatoms. The SMILES string of the molecule is CO[C@H]1C[C@H](O[C@H]2CC[C@@]3(C)C(=CC[C@]4(O)[C@@H]3C[C@@H](OC(=O)c3cccnc3)[C@]3(C)[C@H](C(C)=O)CC[C@@]34O)C2)O[C@H](C)[C@H]1O[C@H]1C[C@H](OC)[C@H](O[C@H]2C[C@@H](OC)[C@H](O)[C@@H](C)O2)[C@@H](C)O1. The second-order valence-electron chi connectivity index (χ2n) is 20.1. The summed E-state index contributed by atoms with van der Waals surface area (Å²) < 4.78 is 62.3. The number of aliphatic hydroxyl groups is 3. The van der Waals surface area contributed by atoms with Gasteiger partial charge in [0.15, 0.2) is 18.9 Å². The Morgan fingerprint density at radius 1 is 0.797 bits per heavy atom. The van der Waals surface area contributed by atoms with Crippen LogP contribution in [0.25, 0.3) is 0 Å². The Bertz CT molecular complexity index is 1850. The zero-order chi connectivity index (χ0) is 45.9. The Morgan fingerprint density at radius 2 is 1.39 bits per heavy atom. The van der Waals surface area contributed by atoms with Gasteiger partial charge in [-0.15, -0.1) is 0 Å². The summed E-state index contributed by atoms with van der Waals surface area (Å²) in [7, 11) is 4.86. The van der Waals surface area contributed by atoms with Crippen LogP contribution in [0.1, 0.15) is 116 Å². The second-order valence-corrected chi connectivity index (χ2v) is 20.1. The summed E-state index contributed by atoms with van der Waals surface area (Å²) in [5.74, 6) is -1.70. The third kappa shape index (κ3) is 8.22. The first-order valence-corrected chi connectivity index (χ1v) is 23.4. The lowest BCUT2D eigenvalue weighted by atomic mass is 9.43. The van der Waals surface area contributed by atoms with Gasteiger partial charge in [0.05, 0.1) is 48.3 Å². The fourth-order valence-electron chi connectivity index (χ4n) is 13.1. The summed E-state index contributed by atoms with van der Waals surface area (Å²) in [6.07, 6.45) is 2.54. The fraction of sp³-hybridized carbons (Fsp3) is 0.812. The molecule has 20 atom stereocenters. The molecule has 358 valence electrons. The number of aliphatic hydroxyl groups excluding tert-OH is 1. The van der Waals surface area contributed by atoms with Crippen LogP contribution in [0.3, 0.4) is 0 Å². The van der Waals surface area contributed by atoms with Gasteiger partial charge in [-0.3, -0.25) is 9.78 Å². The van der Waals surface area contributed by atoms with Gasteiger partial charge in [0.1, 0.15) is 41.4 Å². The molecule has 8 rings (SSSR count). The van der Waals surface area contributed by atoms with Crippen LogP contribution in [0.4, 0.5) is 0 Å². The number of aromatic nitrogens is 1. The number of carbonyl (C=O) groups excluding carboxylic acids is 2. The number of pyridine rings is 1. The molecule has 0 spiro atoms. The summed E-state index contributed by atoms with van der Waals surface area (Å²) in [5, 5.41) is 36.2. The van der Waals surface area contributed by atoms with Gasteiger partial charge >= 0.3 is 5.97 Å². The number of ether oxygens (including phenoxy) is 10. The van der Waals surface area contributed by atoms with Crippen LogP contribution in [0, 0.1) is 22.7 Å². The first-order valence-electron chi connectivity index (χ1n) is 23.4. The molecule has 1 aromatic heterocycles. The van der Waals surface area contributed by atoms with E-state index in [2.05, 4.69) is 18.0 Å². The van der Waals surface area contributed by atoms with E-state index in [9.17, 15) is 24.9 Å². The second kappa shape index (κ2) is 18.6. The van der Waals surface area contributed by atoms with Gasteiger partial charge in [0.2, 0.25) is 0 Å². The van der Waals surface area contributed by atoms with E-state index in [1.807, 2.05) is 20.8 Å². The van der Waals surface area contributed by atoms with Crippen molar-refractivity contribution in [1.29, 1.82) is 0 Å². The largest absolute Gasteiger partial charge is 0.458 e. The first kappa shape index (κ1) is 48.0. The lowest BCUT2D eigenvalue weighted by Gasteiger charge is -2.66. The molecule has 3 aliphatic heterocycles. The Morgan fingerprint density at radius 3 is 1.97 bits per heavy atom. The van der Waals surface area contributed by atoms with Crippen molar-refractivity contribution < 1.29 is 72.3 Å². The highest BCUT2D eigenvalue weighted by molar-refractivity contribution is 5.89. The lowest BCUT2D eigenvalue weighted by molar-refractivity contribution is -0.338. The third-order valence-corrected chi connectivity index (χ3v) is 16.8. The Labute approximate surface area is 376 Å². The number of fused-ring (bicyclic) bond motifs is 5. The van der Waals surface area contributed by atoms with E-state index in [-0.39, 0.29) is 42.5 Å². The van der Waals surface area contributed by atoms with E-state index >= 15 is 0 Å². The van der Waals surface area contributed by atoms with E-state index in [4.69, 9.17) is 47.4 Å². The van der Waals surface area contributed by atoms with E-state index in [0.29, 0.717) is 51.4 Å². The van der Waals surface area contributed by atoms with Crippen molar-refractivity contribution >= 4 is 11.8 Å². The van der Waals surface area contributed by atoms with Crippen LogP contribution in [-0.2, 0) is 52.2 Å². The van der Waals surface area contributed by atoms with E-state index in [1.54, 1.807) is 46.6 Å². The molecule has 3 N–H and O–H groups in total. The van der Waals surface area contributed by atoms with Crippen molar-refractivity contribution in [2.24, 2.45) is 22.7 Å². The van der Waals surface area contributed by atoms with Crippen molar-refractivity contribution in [3.8, 4) is 0 Å². The van der Waals surface area contributed by atoms with Gasteiger partial charge in [-0.25, -0.2) is 4.79 Å². The molecule has 1 aromatic rings. The number of Topliss-reactive ketones (excluding diaryl/α,β-unsaturated/α-hetero) is 1. The quantitative estimate of drug-likeness (QED) is 0.194. The molecular weight excluding hydrogens is 831 g/mol. The van der Waals surface area contributed by atoms with Gasteiger partial charge in [0, 0.05) is 70.2 Å². The number of methoxy groups -OCH3 is 3. The van der Waals surface area contributed by atoms with Crippen molar-refractivity contribution in [3.63, 3.8) is 0 Å². The summed E-state index contributed by atoms with van der Waals surface area (Å²) in [6.45, 7) is 11.2. The van der Waals surface area contributed by atoms with E-state index < -0.39 is 108 Å². The van der Waals surface area contributed by atoms with Gasteiger partial charge in [-0.2, -0.15) is 0 Å². The normalized spacial score (nSPS) is 48.0. The Kier molecular flexibility index (Phi) is 13.9. The molecule has 4 aliphatic carbocycles. The Balaban J connectivity index is 0.914. The van der Waals surface area contributed by atoms with Crippen molar-refractivity contribution in [2.75, 3.05) is 21.3 Å². The van der Waals surface area contributed by atoms with Crippen LogP contribution in [0.2, 0.25) is 0 Å². The van der Waals surface area contributed by atoms with Crippen molar-refractivity contribution in [1.82, 2.24) is 4.98 Å². The average Bonchev–Trinajstić information content (AvgIpc) is 3.57. The minimum atomic E-state index is -1.68. The molecular formula is C48H71NO15. The maximum atomic E-state index is 13.6. The molecule has 16 nitrogen and oxygen atoms in total. The third-order valence-electron chi connectivity index (χ3n) is 16.8. The van der Waals surface area contributed by atoms with Gasteiger partial charge < -0.3 is 62.7 Å². The maximum Gasteiger partial charge on any atom is 0.339 e. The fourth-order valence-corrected chi connectivity index (χ4v) is 13.1. The predicted molar refractivity (Wildman–Crippen MR) is 227 cm³/mol. The zero-order valence-electron chi connectivity index (χ0n) is 38.9. The zero-order valence-corrected chi connectivity index (χ0v) is 38.9. The molecule has 0 radical (unpaired) electrons. The first-order chi connectivity index (χ1) is 30.4. The Hall–Kier alpha value is -2.45. The lowest BCUT2D eigenvalue weighted by Crippen LogP contribution is -2.75. The molecule has 3 saturated carbocycles. The monoisotopic (exact) mass is 901 g/mol. The molecule has 4 heterocycles. The van der Waals surface area contributed by atoms with E-state index in [1.165, 1.54) is 13.1 Å². The topological polar surface area (TPSA) is 200 Å². The molecule has 0 unspecified atom stereocenters. The van der Waals surface area contributed by atoms with Crippen molar-refractivity contribution in [2.45, 2.75) is 203 Å². The number of nitrogens with zero attached hydrogens (tertiary/aromatic N) is 1. The summed E-state index contributed by atoms with van der Waals surface area (Å²) in [6, 6.07) is 3.30. The molecule has 3 saturated heterocycles. The number of hydrogen-bond donors (Lipinski definition) is 3. The summed E-state index contributed by atoms with van der Waals surface area (Å²) in [5.41, 5.74) is -3.54. The van der Waals surface area contributed by atoms with Gasteiger partial charge in [-0.05, 0) is 90.2 Å². The molecule has 6 fully saturated rings. The molecule has 64 heavy (non-hydrogen) atoms. The average molecular weight is 902 g/mol. The molecule has 0 amide bonds. The van der Waals surface area contributed by atoms with E-state index in [0.717, 1.165) is 5.57 Å². The van der Waals surface area contributed by atoms with Crippen LogP contribution < -0.4 is 0 Å². The summed E-state index contributed by atoms with van der Waals surface area (Å²) in [4.78, 5) is 30.9. The highest BCUT2D eigenvalue weighted by Crippen LogP contribution is 2.70. The minimum absolute atomic E-state index is 0.0905. The highest BCUT2D eigenvalue weighted by Gasteiger charge is 2.77. The number of hydrogen-bond acceptors (Lipinski definition) is 16. The van der Waals surface area contributed by atoms with Gasteiger partial charge in [0.25, 0.3) is 0 Å². The molecule has 7 aliphatic rings. The smallest absolute Gasteiger partial charge is 0.339 e. The predicted octanol–water partition coefficient (Wildman–Crippen LogP) is 4.58. The number of carbonyl (C=O) groups is 2. The van der Waals surface area contributed by atoms with Gasteiger partial charge in [-0.1, -0.05) is 25.5 Å². The van der Waals surface area contributed by atoms with Crippen LogP contribution in [-0.4, -0.2) is 151 Å². The molecule has 0 aromatic carbocycles. The molecule has 0 bridgehead atoms. The number of ketones is 1. The van der Waals surface area contributed by atoms with Crippen LogP contribution in [0.5, 0.6) is 0 Å². The minimum Gasteiger partial charge on any atom is -0.458 e. The highest BCUT2D eigenvalue weighted by atomic mass is 16.7. The van der Waals surface area contributed by atoms with Crippen molar-refractivity contribution in [3.05, 3.63) is 41.7 Å². The standard InChI is InChI=1S/C48H71NO15/c1-25(50)32-14-17-48(54)46(32,6)37(62-44(52)29-11-10-18-49-24-29)23-36-45(5)15-13-31(19-30(45)12-16-47(36,48)53)61-38-21-34(56-8)42(27(3)59-38)64-40-22-35(57-9)43(28(4)60-40)63-39-20-33(55-7)41(51)26(2)58-39/h10-12,18,24,26-28,31-43,51,53-54H,13-17,19-23H2,1-9H3/t26-,27-,28-,31+,32+,33-,34+,35+,36-,37-,38+,39+,40+,41-,42-,43-,45+,46+,47+,48-/m1/s1. The summed E-state index contributed by atoms with van der Waals surface area (Å²) >= 11 is 0. The van der Waals surface area contributed by atoms with Crippen LogP contribution >= 0.6 is 0 Å².